The summed E-state index contributed by atoms with van der Waals surface area (Å²) in [6, 6.07) is -5.87. The molecular weight excluding hydrogens is 508 g/mol. The van der Waals surface area contributed by atoms with E-state index in [1.165, 1.54) is 25.0 Å². The number of rotatable bonds is 16. The third-order valence-corrected chi connectivity index (χ3v) is 5.22. The van der Waals surface area contributed by atoms with Crippen molar-refractivity contribution in [3.8, 4) is 0 Å². The summed E-state index contributed by atoms with van der Waals surface area (Å²) in [4.78, 5) is 85.2. The number of aliphatic carboxylic acids is 3. The minimum atomic E-state index is -1.74. The molecule has 2 aromatic heterocycles. The summed E-state index contributed by atoms with van der Waals surface area (Å²) in [5.74, 6) is -7.18. The molecule has 4 unspecified atom stereocenters. The summed E-state index contributed by atoms with van der Waals surface area (Å²) in [5, 5.41) is 34.3. The van der Waals surface area contributed by atoms with E-state index in [1.807, 2.05) is 0 Å². The van der Waals surface area contributed by atoms with Gasteiger partial charge in [0.15, 0.2) is 0 Å². The van der Waals surface area contributed by atoms with E-state index in [-0.39, 0.29) is 12.8 Å². The minimum absolute atomic E-state index is 0.0239. The maximum atomic E-state index is 12.9. The lowest BCUT2D eigenvalue weighted by Gasteiger charge is -2.24. The Morgan fingerprint density at radius 2 is 1.29 bits per heavy atom. The van der Waals surface area contributed by atoms with Crippen LogP contribution in [0.5, 0.6) is 0 Å². The fourth-order valence-electron chi connectivity index (χ4n) is 3.29. The molecule has 17 heteroatoms. The number of hydrogen-bond donors (Lipinski definition) is 9. The Morgan fingerprint density at radius 1 is 0.763 bits per heavy atom. The number of nitrogens with one attached hydrogen (secondary N) is 5. The van der Waals surface area contributed by atoms with E-state index < -0.39 is 79.1 Å². The molecule has 4 atom stereocenters. The molecule has 0 aliphatic heterocycles. The highest BCUT2D eigenvalue weighted by Gasteiger charge is 2.32. The molecule has 0 aliphatic carbocycles. The largest absolute Gasteiger partial charge is 0.481 e. The molecule has 0 aromatic carbocycles. The minimum Gasteiger partial charge on any atom is -0.481 e. The predicted molar refractivity (Wildman–Crippen MR) is 125 cm³/mol. The van der Waals surface area contributed by atoms with Gasteiger partial charge in [-0.3, -0.25) is 24.0 Å². The van der Waals surface area contributed by atoms with Crippen molar-refractivity contribution in [3.05, 3.63) is 36.4 Å². The monoisotopic (exact) mass is 536 g/mol. The zero-order valence-electron chi connectivity index (χ0n) is 19.9. The molecule has 2 heterocycles. The third-order valence-electron chi connectivity index (χ3n) is 5.22. The highest BCUT2D eigenvalue weighted by Crippen LogP contribution is 2.05. The Labute approximate surface area is 214 Å². The molecule has 0 fully saturated rings. The number of hydrogen-bond acceptors (Lipinski definition) is 9. The van der Waals surface area contributed by atoms with Crippen LogP contribution in [-0.4, -0.2) is 95.1 Å². The summed E-state index contributed by atoms with van der Waals surface area (Å²) >= 11 is 0. The highest BCUT2D eigenvalue weighted by molar-refractivity contribution is 5.95. The van der Waals surface area contributed by atoms with Gasteiger partial charge in [-0.05, 0) is 6.42 Å². The highest BCUT2D eigenvalue weighted by atomic mass is 16.4. The van der Waals surface area contributed by atoms with Crippen LogP contribution in [0.4, 0.5) is 0 Å². The second-order valence-corrected chi connectivity index (χ2v) is 8.22. The van der Waals surface area contributed by atoms with Crippen LogP contribution in [0, 0.1) is 0 Å². The van der Waals surface area contributed by atoms with Gasteiger partial charge in [-0.2, -0.15) is 0 Å². The first-order valence-electron chi connectivity index (χ1n) is 11.2. The van der Waals surface area contributed by atoms with Gasteiger partial charge >= 0.3 is 17.9 Å². The van der Waals surface area contributed by atoms with Crippen molar-refractivity contribution in [1.82, 2.24) is 35.9 Å². The summed E-state index contributed by atoms with van der Waals surface area (Å²) in [7, 11) is 0. The molecule has 0 radical (unpaired) electrons. The zero-order chi connectivity index (χ0) is 28.2. The maximum Gasteiger partial charge on any atom is 0.326 e. The van der Waals surface area contributed by atoms with Gasteiger partial charge in [0.25, 0.3) is 0 Å². The lowest BCUT2D eigenvalue weighted by Crippen LogP contribution is -2.58. The number of carbonyl (C=O) groups excluding carboxylic acids is 3. The van der Waals surface area contributed by atoms with Gasteiger partial charge in [-0.1, -0.05) is 0 Å². The van der Waals surface area contributed by atoms with Crippen LogP contribution < -0.4 is 21.7 Å². The van der Waals surface area contributed by atoms with Crippen LogP contribution in [0.25, 0.3) is 0 Å². The molecular formula is C21H28N8O9. The molecule has 0 aliphatic rings. The SMILES string of the molecule is NC(Cc1cnc[nH]1)C(=O)NC(CCC(=O)O)C(=O)NC(CC(=O)O)C(=O)NC(Cc1cnc[nH]1)C(=O)O. The Bertz CT molecular complexity index is 1120. The first-order valence-corrected chi connectivity index (χ1v) is 11.2. The molecule has 0 bridgehead atoms. The van der Waals surface area contributed by atoms with Gasteiger partial charge in [-0.25, -0.2) is 14.8 Å². The third kappa shape index (κ3) is 9.69. The average Bonchev–Trinajstić information content (AvgIpc) is 3.54. The lowest BCUT2D eigenvalue weighted by molar-refractivity contribution is -0.143. The molecule has 2 rings (SSSR count). The Morgan fingerprint density at radius 3 is 1.79 bits per heavy atom. The molecule has 17 nitrogen and oxygen atoms in total. The fraction of sp³-hybridized carbons (Fsp3) is 0.429. The standard InChI is InChI=1S/C21H28N8O9/c22-12(3-10-6-23-8-25-10)18(34)27-13(1-2-16(30)31)19(35)28-14(5-17(32)33)20(36)29-15(21(37)38)4-11-7-24-9-26-11/h6-9,12-15H,1-5,22H2,(H,23,25)(H,24,26)(H,27,34)(H,28,35)(H,29,36)(H,30,31)(H,32,33)(H,37,38). The molecule has 10 N–H and O–H groups in total. The summed E-state index contributed by atoms with van der Waals surface area (Å²) in [6.07, 6.45) is 3.40. The van der Waals surface area contributed by atoms with Gasteiger partial charge in [-0.15, -0.1) is 0 Å². The second-order valence-electron chi connectivity index (χ2n) is 8.22. The quantitative estimate of drug-likeness (QED) is 0.105. The maximum absolute atomic E-state index is 12.9. The topological polar surface area (TPSA) is 283 Å². The molecule has 38 heavy (non-hydrogen) atoms. The van der Waals surface area contributed by atoms with E-state index in [1.54, 1.807) is 0 Å². The first kappa shape index (κ1) is 29.4. The second kappa shape index (κ2) is 14.1. The number of aromatic amines is 2. The van der Waals surface area contributed by atoms with Gasteiger partial charge in [0.05, 0.1) is 25.1 Å². The fourth-order valence-corrected chi connectivity index (χ4v) is 3.29. The van der Waals surface area contributed by atoms with Crippen molar-refractivity contribution < 1.29 is 44.1 Å². The van der Waals surface area contributed by atoms with Crippen LogP contribution >= 0.6 is 0 Å². The Hall–Kier alpha value is -4.80. The van der Waals surface area contributed by atoms with E-state index >= 15 is 0 Å². The normalized spacial score (nSPS) is 13.9. The van der Waals surface area contributed by atoms with E-state index in [0.717, 1.165) is 0 Å². The zero-order valence-corrected chi connectivity index (χ0v) is 19.9. The molecule has 0 saturated heterocycles. The van der Waals surface area contributed by atoms with Crippen LogP contribution in [0.15, 0.2) is 25.0 Å². The van der Waals surface area contributed by atoms with Crippen molar-refractivity contribution in [1.29, 1.82) is 0 Å². The smallest absolute Gasteiger partial charge is 0.326 e. The number of aromatic nitrogens is 4. The van der Waals surface area contributed by atoms with E-state index in [0.29, 0.717) is 11.4 Å². The predicted octanol–water partition coefficient (Wildman–Crippen LogP) is -2.88. The number of nitrogens with zero attached hydrogens (tertiary/aromatic N) is 2. The van der Waals surface area contributed by atoms with Crippen LogP contribution in [0.3, 0.4) is 0 Å². The van der Waals surface area contributed by atoms with Crippen molar-refractivity contribution in [3.63, 3.8) is 0 Å². The van der Waals surface area contributed by atoms with Crippen LogP contribution in [-0.2, 0) is 41.6 Å². The molecule has 3 amide bonds. The van der Waals surface area contributed by atoms with Gasteiger partial charge in [0, 0.05) is 43.0 Å². The summed E-state index contributed by atoms with van der Waals surface area (Å²) < 4.78 is 0. The number of carbonyl (C=O) groups is 6. The van der Waals surface area contributed by atoms with Crippen LogP contribution in [0.2, 0.25) is 0 Å². The van der Waals surface area contributed by atoms with Gasteiger partial charge in [0.1, 0.15) is 18.1 Å². The van der Waals surface area contributed by atoms with E-state index in [4.69, 9.17) is 10.8 Å². The number of imidazole rings is 2. The molecule has 0 saturated carbocycles. The van der Waals surface area contributed by atoms with Crippen molar-refractivity contribution >= 4 is 35.6 Å². The number of H-pyrrole nitrogens is 2. The van der Waals surface area contributed by atoms with Crippen molar-refractivity contribution in [2.75, 3.05) is 0 Å². The Kier molecular flexibility index (Phi) is 10.9. The molecule has 2 aromatic rings. The molecule has 206 valence electrons. The Balaban J connectivity index is 2.13. The number of nitrogens with two attached hydrogens (primary N) is 1. The summed E-state index contributed by atoms with van der Waals surface area (Å²) in [6.45, 7) is 0. The average molecular weight is 537 g/mol. The number of carboxylic acid groups (broad SMARTS) is 3. The van der Waals surface area contributed by atoms with Crippen LogP contribution in [0.1, 0.15) is 30.7 Å². The number of amides is 3. The lowest BCUT2D eigenvalue weighted by atomic mass is 10.1. The van der Waals surface area contributed by atoms with E-state index in [9.17, 15) is 39.0 Å². The van der Waals surface area contributed by atoms with Crippen molar-refractivity contribution in [2.45, 2.75) is 56.3 Å². The molecule has 0 spiro atoms. The van der Waals surface area contributed by atoms with E-state index in [2.05, 4.69) is 35.9 Å². The first-order chi connectivity index (χ1) is 18.0. The van der Waals surface area contributed by atoms with Gasteiger partial charge in [0.2, 0.25) is 17.7 Å². The van der Waals surface area contributed by atoms with Crippen molar-refractivity contribution in [2.24, 2.45) is 5.73 Å². The van der Waals surface area contributed by atoms with Gasteiger partial charge < -0.3 is 47.0 Å². The number of carboxylic acids is 3. The summed E-state index contributed by atoms with van der Waals surface area (Å²) in [5.41, 5.74) is 6.76.